The van der Waals surface area contributed by atoms with Crippen molar-refractivity contribution >= 4 is 23.4 Å². The number of ether oxygens (including phenoxy) is 1. The lowest BCUT2D eigenvalue weighted by Gasteiger charge is -2.28. The zero-order chi connectivity index (χ0) is 19.9. The third kappa shape index (κ3) is 5.49. The fourth-order valence-electron chi connectivity index (χ4n) is 2.72. The Bertz CT molecular complexity index is 830. The molecule has 0 aliphatic carbocycles. The highest BCUT2D eigenvalue weighted by Crippen LogP contribution is 2.17. The van der Waals surface area contributed by atoms with E-state index < -0.39 is 17.7 Å². The summed E-state index contributed by atoms with van der Waals surface area (Å²) in [5, 5.41) is 7.96. The zero-order valence-corrected chi connectivity index (χ0v) is 15.5. The topological polar surface area (TPSA) is 91.4 Å². The summed E-state index contributed by atoms with van der Waals surface area (Å²) in [4.78, 5) is 22.7. The van der Waals surface area contributed by atoms with Gasteiger partial charge < -0.3 is 25.6 Å². The van der Waals surface area contributed by atoms with E-state index in [1.807, 2.05) is 13.0 Å². The molecule has 3 rings (SSSR count). The first-order chi connectivity index (χ1) is 13.5. The van der Waals surface area contributed by atoms with Gasteiger partial charge in [-0.2, -0.15) is 0 Å². The van der Waals surface area contributed by atoms with E-state index in [2.05, 4.69) is 30.8 Å². The number of anilines is 3. The van der Waals surface area contributed by atoms with Crippen LogP contribution in [0.5, 0.6) is 0 Å². The van der Waals surface area contributed by atoms with Crippen molar-refractivity contribution in [3.8, 4) is 0 Å². The first-order valence-electron chi connectivity index (χ1n) is 8.93. The molecule has 0 spiro atoms. The maximum atomic E-state index is 13.5. The van der Waals surface area contributed by atoms with E-state index in [-0.39, 0.29) is 12.2 Å². The molecule has 0 radical (unpaired) electrons. The number of urea groups is 1. The van der Waals surface area contributed by atoms with Gasteiger partial charge in [-0.25, -0.2) is 23.5 Å². The number of halogens is 2. The van der Waals surface area contributed by atoms with Crippen LogP contribution in [0.1, 0.15) is 5.82 Å². The van der Waals surface area contributed by atoms with Crippen molar-refractivity contribution in [2.75, 3.05) is 54.9 Å². The number of hydrogen-bond acceptors (Lipinski definition) is 6. The zero-order valence-electron chi connectivity index (χ0n) is 15.5. The molecule has 0 unspecified atom stereocenters. The van der Waals surface area contributed by atoms with E-state index >= 15 is 0 Å². The van der Waals surface area contributed by atoms with Crippen molar-refractivity contribution in [3.63, 3.8) is 0 Å². The van der Waals surface area contributed by atoms with Gasteiger partial charge in [0, 0.05) is 38.3 Å². The van der Waals surface area contributed by atoms with E-state index in [0.717, 1.165) is 37.1 Å². The molecule has 150 valence electrons. The van der Waals surface area contributed by atoms with Gasteiger partial charge >= 0.3 is 6.03 Å². The van der Waals surface area contributed by atoms with Crippen molar-refractivity contribution in [1.82, 2.24) is 15.3 Å². The molecular weight excluding hydrogens is 370 g/mol. The fraction of sp³-hybridized carbons (Fsp3) is 0.389. The molecule has 28 heavy (non-hydrogen) atoms. The number of benzene rings is 1. The average Bonchev–Trinajstić information content (AvgIpc) is 2.68. The highest BCUT2D eigenvalue weighted by Gasteiger charge is 2.14. The molecule has 0 saturated carbocycles. The van der Waals surface area contributed by atoms with Gasteiger partial charge in [0.1, 0.15) is 29.1 Å². The van der Waals surface area contributed by atoms with Crippen LogP contribution in [0.15, 0.2) is 24.3 Å². The van der Waals surface area contributed by atoms with Gasteiger partial charge in [-0.15, -0.1) is 0 Å². The number of rotatable bonds is 6. The standard InChI is InChI=1S/C18H22F2N6O2/c1-12-23-16(11-17(24-12)26-6-8-28-9-7-26)21-4-5-22-18(27)25-15-10-13(19)2-3-14(15)20/h2-3,10-11H,4-9H2,1H3,(H,21,23,24)(H2,22,25,27). The average molecular weight is 392 g/mol. The lowest BCUT2D eigenvalue weighted by Crippen LogP contribution is -2.37. The van der Waals surface area contributed by atoms with Gasteiger partial charge in [-0.1, -0.05) is 0 Å². The fourth-order valence-corrected chi connectivity index (χ4v) is 2.72. The molecule has 1 aromatic heterocycles. The predicted octanol–water partition coefficient (Wildman–Crippen LogP) is 2.13. The lowest BCUT2D eigenvalue weighted by atomic mass is 10.3. The van der Waals surface area contributed by atoms with Crippen LogP contribution in [0.4, 0.5) is 30.9 Å². The van der Waals surface area contributed by atoms with Crippen LogP contribution >= 0.6 is 0 Å². The second kappa shape index (κ2) is 9.27. The maximum absolute atomic E-state index is 13.5. The number of aromatic nitrogens is 2. The third-order valence-corrected chi connectivity index (χ3v) is 4.05. The van der Waals surface area contributed by atoms with Crippen LogP contribution in [0, 0.1) is 18.6 Å². The second-order valence-electron chi connectivity index (χ2n) is 6.19. The first-order valence-corrected chi connectivity index (χ1v) is 8.93. The molecule has 0 atom stereocenters. The minimum absolute atomic E-state index is 0.216. The lowest BCUT2D eigenvalue weighted by molar-refractivity contribution is 0.122. The van der Waals surface area contributed by atoms with Crippen molar-refractivity contribution in [3.05, 3.63) is 41.7 Å². The summed E-state index contributed by atoms with van der Waals surface area (Å²) in [7, 11) is 0. The van der Waals surface area contributed by atoms with Crippen molar-refractivity contribution < 1.29 is 18.3 Å². The summed E-state index contributed by atoms with van der Waals surface area (Å²) in [6, 6.07) is 4.08. The predicted molar refractivity (Wildman–Crippen MR) is 102 cm³/mol. The van der Waals surface area contributed by atoms with Gasteiger partial charge in [0.2, 0.25) is 0 Å². The molecule has 10 heteroatoms. The Morgan fingerprint density at radius 2 is 1.96 bits per heavy atom. The van der Waals surface area contributed by atoms with Crippen molar-refractivity contribution in [2.45, 2.75) is 6.92 Å². The van der Waals surface area contributed by atoms with Crippen molar-refractivity contribution in [1.29, 1.82) is 0 Å². The van der Waals surface area contributed by atoms with Crippen LogP contribution in [0.25, 0.3) is 0 Å². The van der Waals surface area contributed by atoms with E-state index in [9.17, 15) is 13.6 Å². The molecule has 1 fully saturated rings. The smallest absolute Gasteiger partial charge is 0.319 e. The quantitative estimate of drug-likeness (QED) is 0.653. The van der Waals surface area contributed by atoms with Gasteiger partial charge in [-0.05, 0) is 19.1 Å². The maximum Gasteiger partial charge on any atom is 0.319 e. The molecule has 2 aromatic rings. The van der Waals surface area contributed by atoms with Crippen molar-refractivity contribution in [2.24, 2.45) is 0 Å². The second-order valence-corrected chi connectivity index (χ2v) is 6.19. The number of nitrogens with one attached hydrogen (secondary N) is 3. The first kappa shape index (κ1) is 19.7. The number of aryl methyl sites for hydroxylation is 1. The summed E-state index contributed by atoms with van der Waals surface area (Å²) in [5.41, 5.74) is -0.216. The minimum Gasteiger partial charge on any atom is -0.378 e. The van der Waals surface area contributed by atoms with Crippen LogP contribution in [-0.4, -0.2) is 55.4 Å². The molecule has 3 N–H and O–H groups in total. The van der Waals surface area contributed by atoms with Gasteiger partial charge in [-0.3, -0.25) is 0 Å². The Morgan fingerprint density at radius 1 is 1.18 bits per heavy atom. The Hall–Kier alpha value is -3.01. The van der Waals surface area contributed by atoms with Gasteiger partial charge in [0.15, 0.2) is 0 Å². The summed E-state index contributed by atoms with van der Waals surface area (Å²) in [6.07, 6.45) is 0. The van der Waals surface area contributed by atoms with Crippen LogP contribution in [-0.2, 0) is 4.74 Å². The van der Waals surface area contributed by atoms with Crippen LogP contribution in [0.3, 0.4) is 0 Å². The highest BCUT2D eigenvalue weighted by molar-refractivity contribution is 5.89. The number of hydrogen-bond donors (Lipinski definition) is 3. The van der Waals surface area contributed by atoms with Crippen LogP contribution < -0.4 is 20.9 Å². The molecule has 8 nitrogen and oxygen atoms in total. The summed E-state index contributed by atoms with van der Waals surface area (Å²) in [5.74, 6) is 0.770. The van der Waals surface area contributed by atoms with E-state index in [1.54, 1.807) is 0 Å². The molecule has 1 aliphatic heterocycles. The number of amides is 2. The minimum atomic E-state index is -0.707. The number of nitrogens with zero attached hydrogens (tertiary/aromatic N) is 3. The Balaban J connectivity index is 1.47. The largest absolute Gasteiger partial charge is 0.378 e. The third-order valence-electron chi connectivity index (χ3n) is 4.05. The van der Waals surface area contributed by atoms with E-state index in [0.29, 0.717) is 31.4 Å². The number of carbonyl (C=O) groups is 1. The Kier molecular flexibility index (Phi) is 6.53. The van der Waals surface area contributed by atoms with E-state index in [1.165, 1.54) is 0 Å². The number of carbonyl (C=O) groups excluding carboxylic acids is 1. The Morgan fingerprint density at radius 3 is 2.75 bits per heavy atom. The summed E-state index contributed by atoms with van der Waals surface area (Å²) < 4.78 is 32.0. The molecule has 1 saturated heterocycles. The molecule has 2 amide bonds. The molecule has 1 aromatic carbocycles. The van der Waals surface area contributed by atoms with Gasteiger partial charge in [0.05, 0.1) is 18.9 Å². The summed E-state index contributed by atoms with van der Waals surface area (Å²) >= 11 is 0. The molecular formula is C18H22F2N6O2. The van der Waals surface area contributed by atoms with E-state index in [4.69, 9.17) is 4.74 Å². The summed E-state index contributed by atoms with van der Waals surface area (Å²) in [6.45, 7) is 5.35. The molecule has 0 bridgehead atoms. The normalized spacial score (nSPS) is 13.9. The highest BCUT2D eigenvalue weighted by atomic mass is 19.1. The Labute approximate surface area is 161 Å². The molecule has 1 aliphatic rings. The number of morpholine rings is 1. The monoisotopic (exact) mass is 392 g/mol. The molecule has 2 heterocycles. The van der Waals surface area contributed by atoms with Crippen LogP contribution in [0.2, 0.25) is 0 Å². The van der Waals surface area contributed by atoms with Gasteiger partial charge in [0.25, 0.3) is 0 Å². The SMILES string of the molecule is Cc1nc(NCCNC(=O)Nc2cc(F)ccc2F)cc(N2CCOCC2)n1.